The van der Waals surface area contributed by atoms with Gasteiger partial charge in [0.25, 0.3) is 0 Å². The lowest BCUT2D eigenvalue weighted by atomic mass is 10.2. The number of rotatable bonds is 3. The van der Waals surface area contributed by atoms with E-state index in [0.29, 0.717) is 10.9 Å². The first kappa shape index (κ1) is 11.9. The number of hydrogen-bond acceptors (Lipinski definition) is 6. The van der Waals surface area contributed by atoms with E-state index in [0.717, 1.165) is 16.6 Å². The summed E-state index contributed by atoms with van der Waals surface area (Å²) in [4.78, 5) is 4.30. The number of benzene rings is 1. The number of nitrogens with two attached hydrogens (primary N) is 1. The van der Waals surface area contributed by atoms with Crippen LogP contribution in [0, 0.1) is 0 Å². The van der Waals surface area contributed by atoms with Gasteiger partial charge in [-0.05, 0) is 24.3 Å². The van der Waals surface area contributed by atoms with Crippen LogP contribution in [0.15, 0.2) is 34.9 Å². The molecule has 0 saturated carbocycles. The van der Waals surface area contributed by atoms with Crippen LogP contribution in [-0.2, 0) is 6.54 Å². The monoisotopic (exact) mass is 275 g/mol. The molecular weight excluding hydrogens is 266 g/mol. The van der Waals surface area contributed by atoms with Crippen molar-refractivity contribution in [2.75, 3.05) is 5.32 Å². The van der Waals surface area contributed by atoms with Crippen LogP contribution >= 0.6 is 11.6 Å². The Balaban J connectivity index is 2.03. The zero-order valence-corrected chi connectivity index (χ0v) is 10.6. The molecule has 0 spiro atoms. The molecule has 19 heavy (non-hydrogen) atoms. The van der Waals surface area contributed by atoms with E-state index in [2.05, 4.69) is 20.5 Å². The first-order valence-corrected chi connectivity index (χ1v) is 5.98. The van der Waals surface area contributed by atoms with E-state index in [4.69, 9.17) is 21.8 Å². The molecule has 0 atom stereocenters. The lowest BCUT2D eigenvalue weighted by molar-refractivity contribution is 0.511. The van der Waals surface area contributed by atoms with E-state index in [9.17, 15) is 0 Å². The highest BCUT2D eigenvalue weighted by molar-refractivity contribution is 6.35. The number of aromatic nitrogens is 3. The van der Waals surface area contributed by atoms with E-state index < -0.39 is 0 Å². The van der Waals surface area contributed by atoms with Gasteiger partial charge in [-0.15, -0.1) is 5.10 Å². The van der Waals surface area contributed by atoms with Crippen molar-refractivity contribution in [1.29, 1.82) is 0 Å². The minimum absolute atomic E-state index is 0.203. The molecule has 0 bridgehead atoms. The normalized spacial score (nSPS) is 10.8. The van der Waals surface area contributed by atoms with Crippen molar-refractivity contribution >= 4 is 34.2 Å². The number of nitrogens with one attached hydrogen (secondary N) is 1. The number of halogens is 1. The molecule has 0 radical (unpaired) electrons. The zero-order valence-electron chi connectivity index (χ0n) is 9.80. The summed E-state index contributed by atoms with van der Waals surface area (Å²) in [6, 6.07) is 7.60. The van der Waals surface area contributed by atoms with Crippen molar-refractivity contribution in [3.05, 3.63) is 41.4 Å². The lowest BCUT2D eigenvalue weighted by Crippen LogP contribution is -1.95. The number of fused-ring (bicyclic) bond motifs is 1. The third-order valence-electron chi connectivity index (χ3n) is 2.60. The van der Waals surface area contributed by atoms with Gasteiger partial charge in [0.05, 0.1) is 22.8 Å². The van der Waals surface area contributed by atoms with Crippen LogP contribution in [0.25, 0.3) is 10.9 Å². The summed E-state index contributed by atoms with van der Waals surface area (Å²) in [5.41, 5.74) is 6.89. The van der Waals surface area contributed by atoms with Crippen LogP contribution in [0.4, 0.5) is 11.7 Å². The zero-order chi connectivity index (χ0) is 13.2. The molecule has 1 aromatic carbocycles. The van der Waals surface area contributed by atoms with Gasteiger partial charge in [0, 0.05) is 11.6 Å². The smallest absolute Gasteiger partial charge is 0.320 e. The van der Waals surface area contributed by atoms with Crippen molar-refractivity contribution < 1.29 is 4.42 Å². The molecule has 0 unspecified atom stereocenters. The van der Waals surface area contributed by atoms with Crippen molar-refractivity contribution in [2.24, 2.45) is 5.73 Å². The van der Waals surface area contributed by atoms with Crippen LogP contribution in [0.3, 0.4) is 0 Å². The van der Waals surface area contributed by atoms with Gasteiger partial charge in [-0.25, -0.2) is 0 Å². The largest absolute Gasteiger partial charge is 0.406 e. The summed E-state index contributed by atoms with van der Waals surface area (Å²) in [6.07, 6.45) is 1.70. The Morgan fingerprint density at radius 1 is 1.26 bits per heavy atom. The van der Waals surface area contributed by atoms with E-state index >= 15 is 0 Å². The Labute approximate surface area is 113 Å². The van der Waals surface area contributed by atoms with Crippen molar-refractivity contribution in [2.45, 2.75) is 6.54 Å². The molecule has 3 N–H and O–H groups in total. The summed E-state index contributed by atoms with van der Waals surface area (Å²) in [7, 11) is 0. The van der Waals surface area contributed by atoms with E-state index in [-0.39, 0.29) is 12.6 Å². The quantitative estimate of drug-likeness (QED) is 0.763. The van der Waals surface area contributed by atoms with E-state index in [1.54, 1.807) is 12.3 Å². The number of hydrogen-bond donors (Lipinski definition) is 2. The van der Waals surface area contributed by atoms with Gasteiger partial charge in [0.15, 0.2) is 0 Å². The summed E-state index contributed by atoms with van der Waals surface area (Å²) in [6.45, 7) is 0.203. The van der Waals surface area contributed by atoms with Crippen molar-refractivity contribution in [3.8, 4) is 0 Å². The van der Waals surface area contributed by atoms with Crippen LogP contribution in [0.5, 0.6) is 0 Å². The van der Waals surface area contributed by atoms with Gasteiger partial charge in [0.1, 0.15) is 0 Å². The maximum Gasteiger partial charge on any atom is 0.320 e. The number of pyridine rings is 1. The number of anilines is 2. The molecule has 3 rings (SSSR count). The second-order valence-corrected chi connectivity index (χ2v) is 4.23. The lowest BCUT2D eigenvalue weighted by Gasteiger charge is -2.06. The van der Waals surface area contributed by atoms with Gasteiger partial charge < -0.3 is 15.5 Å². The minimum atomic E-state index is 0.203. The second-order valence-electron chi connectivity index (χ2n) is 3.82. The maximum absolute atomic E-state index is 6.12. The molecular formula is C12H10ClN5O. The third-order valence-corrected chi connectivity index (χ3v) is 2.93. The molecule has 96 valence electrons. The molecule has 2 heterocycles. The molecule has 0 aliphatic rings. The standard InChI is InChI=1S/C12H10ClN5O/c13-8-3-4-9(11-7(8)2-1-5-15-11)16-12-18-17-10(6-14)19-12/h1-5H,6,14H2,(H,16,18). The molecule has 2 aromatic heterocycles. The van der Waals surface area contributed by atoms with Gasteiger partial charge in [-0.3, -0.25) is 4.98 Å². The molecule has 3 aromatic rings. The molecule has 0 aliphatic heterocycles. The van der Waals surface area contributed by atoms with E-state index in [1.807, 2.05) is 18.2 Å². The van der Waals surface area contributed by atoms with Gasteiger partial charge in [-0.1, -0.05) is 16.7 Å². The molecule has 7 heteroatoms. The fourth-order valence-corrected chi connectivity index (χ4v) is 1.96. The van der Waals surface area contributed by atoms with Gasteiger partial charge in [-0.2, -0.15) is 0 Å². The average molecular weight is 276 g/mol. The molecule has 0 saturated heterocycles. The first-order chi connectivity index (χ1) is 9.28. The minimum Gasteiger partial charge on any atom is -0.406 e. The van der Waals surface area contributed by atoms with Crippen molar-refractivity contribution in [3.63, 3.8) is 0 Å². The topological polar surface area (TPSA) is 89.9 Å². The first-order valence-electron chi connectivity index (χ1n) is 5.60. The highest BCUT2D eigenvalue weighted by Crippen LogP contribution is 2.29. The Morgan fingerprint density at radius 2 is 2.16 bits per heavy atom. The Bertz CT molecular complexity index is 727. The highest BCUT2D eigenvalue weighted by atomic mass is 35.5. The molecule has 6 nitrogen and oxygen atoms in total. The predicted molar refractivity (Wildman–Crippen MR) is 72.2 cm³/mol. The summed E-state index contributed by atoms with van der Waals surface area (Å²) < 4.78 is 5.30. The van der Waals surface area contributed by atoms with Crippen LogP contribution in [-0.4, -0.2) is 15.2 Å². The summed E-state index contributed by atoms with van der Waals surface area (Å²) >= 11 is 6.12. The fraction of sp³-hybridized carbons (Fsp3) is 0.0833. The molecule has 0 aliphatic carbocycles. The SMILES string of the molecule is NCc1nnc(Nc2ccc(Cl)c3cccnc23)o1. The second kappa shape index (κ2) is 4.83. The Morgan fingerprint density at radius 3 is 2.95 bits per heavy atom. The van der Waals surface area contributed by atoms with Crippen LogP contribution < -0.4 is 11.1 Å². The fourth-order valence-electron chi connectivity index (χ4n) is 1.74. The predicted octanol–water partition coefficient (Wildman–Crippen LogP) is 2.47. The molecule has 0 amide bonds. The Kier molecular flexibility index (Phi) is 3.02. The third kappa shape index (κ3) is 2.23. The van der Waals surface area contributed by atoms with Crippen molar-refractivity contribution in [1.82, 2.24) is 15.2 Å². The average Bonchev–Trinajstić information content (AvgIpc) is 2.90. The van der Waals surface area contributed by atoms with Crippen LogP contribution in [0.2, 0.25) is 5.02 Å². The summed E-state index contributed by atoms with van der Waals surface area (Å²) in [5, 5.41) is 12.1. The van der Waals surface area contributed by atoms with Gasteiger partial charge in [0.2, 0.25) is 5.89 Å². The highest BCUT2D eigenvalue weighted by Gasteiger charge is 2.09. The molecule has 0 fully saturated rings. The summed E-state index contributed by atoms with van der Waals surface area (Å²) in [5.74, 6) is 0.369. The van der Waals surface area contributed by atoms with Gasteiger partial charge >= 0.3 is 6.01 Å². The Hall–Kier alpha value is -2.18. The maximum atomic E-state index is 6.12. The number of nitrogens with zero attached hydrogens (tertiary/aromatic N) is 3. The van der Waals surface area contributed by atoms with E-state index in [1.165, 1.54) is 0 Å². The van der Waals surface area contributed by atoms with Crippen LogP contribution in [0.1, 0.15) is 5.89 Å².